The van der Waals surface area contributed by atoms with Crippen LogP contribution in [0, 0.1) is 0 Å². The van der Waals surface area contributed by atoms with Crippen LogP contribution in [0.2, 0.25) is 0 Å². The monoisotopic (exact) mass is 810 g/mol. The SMILES string of the molecule is c1ccc(-c2ccc(-c3nc(-n4c5ccccc5c5ccc6c(oc7cc(N(c8ccccc8)c8ccccc8)c8ccccc8c76)c54)nc4c3sc3ccccc34)cc2)cc1. The van der Waals surface area contributed by atoms with Crippen molar-refractivity contribution >= 4 is 103 Å². The fourth-order valence-electron chi connectivity index (χ4n) is 9.43. The number of benzene rings is 9. The number of fused-ring (bicyclic) bond motifs is 12. The molecule has 0 radical (unpaired) electrons. The van der Waals surface area contributed by atoms with Crippen LogP contribution >= 0.6 is 11.3 Å². The van der Waals surface area contributed by atoms with Crippen LogP contribution in [0.4, 0.5) is 17.1 Å². The molecule has 13 aromatic rings. The predicted octanol–water partition coefficient (Wildman–Crippen LogP) is 15.8. The second-order valence-electron chi connectivity index (χ2n) is 15.7. The second kappa shape index (κ2) is 13.7. The molecule has 290 valence electrons. The topological polar surface area (TPSA) is 47.1 Å². The molecule has 0 unspecified atom stereocenters. The smallest absolute Gasteiger partial charge is 0.236 e. The molecule has 13 rings (SSSR count). The van der Waals surface area contributed by atoms with E-state index in [0.717, 1.165) is 104 Å². The Hall–Kier alpha value is -8.06. The van der Waals surface area contributed by atoms with Gasteiger partial charge >= 0.3 is 0 Å². The number of furan rings is 1. The average Bonchev–Trinajstić information content (AvgIpc) is 4.02. The first-order valence-electron chi connectivity index (χ1n) is 20.8. The maximum atomic E-state index is 7.24. The Morgan fingerprint density at radius 1 is 0.468 bits per heavy atom. The molecule has 0 aliphatic rings. The van der Waals surface area contributed by atoms with Crippen molar-refractivity contribution in [3.8, 4) is 28.3 Å². The van der Waals surface area contributed by atoms with Crippen molar-refractivity contribution in [3.63, 3.8) is 0 Å². The van der Waals surface area contributed by atoms with Gasteiger partial charge in [-0.15, -0.1) is 11.3 Å². The van der Waals surface area contributed by atoms with E-state index in [1.165, 1.54) is 10.3 Å². The van der Waals surface area contributed by atoms with E-state index < -0.39 is 0 Å². The standard InChI is InChI=1S/C56H34N4OS/c1-4-16-35(17-5-1)36-28-30-37(31-29-36)51-55-52(44-25-13-15-27-49(44)62-55)58-56(57-51)60-46-26-14-12-23-41(46)43-32-33-45-50-42-24-11-10-22-40(42)47(34-48(50)61-54(45)53(43)60)59(38-18-6-2-7-19-38)39-20-8-3-9-21-39/h1-34H. The van der Waals surface area contributed by atoms with Crippen molar-refractivity contribution < 1.29 is 4.42 Å². The van der Waals surface area contributed by atoms with E-state index in [1.807, 2.05) is 0 Å². The van der Waals surface area contributed by atoms with Crippen LogP contribution < -0.4 is 4.90 Å². The van der Waals surface area contributed by atoms with E-state index in [-0.39, 0.29) is 0 Å². The first-order valence-corrected chi connectivity index (χ1v) is 21.6. The molecular formula is C56H34N4OS. The lowest BCUT2D eigenvalue weighted by Crippen LogP contribution is -2.10. The molecule has 0 atom stereocenters. The minimum absolute atomic E-state index is 0.604. The molecule has 9 aromatic carbocycles. The average molecular weight is 811 g/mol. The summed E-state index contributed by atoms with van der Waals surface area (Å²) in [7, 11) is 0. The number of anilines is 3. The van der Waals surface area contributed by atoms with E-state index in [4.69, 9.17) is 14.4 Å². The van der Waals surface area contributed by atoms with Crippen molar-refractivity contribution in [3.05, 3.63) is 206 Å². The highest BCUT2D eigenvalue weighted by Crippen LogP contribution is 2.47. The highest BCUT2D eigenvalue weighted by Gasteiger charge is 2.25. The molecule has 0 aliphatic heterocycles. The Bertz CT molecular complexity index is 3810. The molecule has 62 heavy (non-hydrogen) atoms. The zero-order chi connectivity index (χ0) is 40.7. The quantitative estimate of drug-likeness (QED) is 0.168. The van der Waals surface area contributed by atoms with Crippen LogP contribution in [0.1, 0.15) is 0 Å². The summed E-state index contributed by atoms with van der Waals surface area (Å²) >= 11 is 1.75. The molecule has 0 fully saturated rings. The number of rotatable bonds is 6. The van der Waals surface area contributed by atoms with Gasteiger partial charge in [0.25, 0.3) is 0 Å². The zero-order valence-electron chi connectivity index (χ0n) is 33.2. The molecule has 0 saturated heterocycles. The number of aromatic nitrogens is 3. The van der Waals surface area contributed by atoms with E-state index in [0.29, 0.717) is 5.95 Å². The van der Waals surface area contributed by atoms with Crippen LogP contribution in [0.3, 0.4) is 0 Å². The summed E-state index contributed by atoms with van der Waals surface area (Å²) in [5.74, 6) is 0.604. The molecule has 0 amide bonds. The van der Waals surface area contributed by atoms with Crippen LogP contribution in [-0.2, 0) is 0 Å². The summed E-state index contributed by atoms with van der Waals surface area (Å²) in [5, 5.41) is 7.70. The predicted molar refractivity (Wildman–Crippen MR) is 260 cm³/mol. The van der Waals surface area contributed by atoms with Crippen molar-refractivity contribution in [1.29, 1.82) is 0 Å². The summed E-state index contributed by atoms with van der Waals surface area (Å²) < 4.78 is 11.7. The van der Waals surface area contributed by atoms with Gasteiger partial charge in [-0.2, -0.15) is 0 Å². The van der Waals surface area contributed by atoms with E-state index in [9.17, 15) is 0 Å². The van der Waals surface area contributed by atoms with Gasteiger partial charge in [0.05, 0.1) is 27.1 Å². The van der Waals surface area contributed by atoms with Crippen molar-refractivity contribution in [2.45, 2.75) is 0 Å². The third-order valence-electron chi connectivity index (χ3n) is 12.2. The molecule has 5 nitrogen and oxygen atoms in total. The van der Waals surface area contributed by atoms with Crippen LogP contribution in [0.5, 0.6) is 0 Å². The number of nitrogens with zero attached hydrogens (tertiary/aromatic N) is 4. The number of hydrogen-bond acceptors (Lipinski definition) is 5. The highest BCUT2D eigenvalue weighted by molar-refractivity contribution is 7.26. The fourth-order valence-corrected chi connectivity index (χ4v) is 10.6. The number of para-hydroxylation sites is 3. The van der Waals surface area contributed by atoms with Gasteiger partial charge in [0.2, 0.25) is 5.95 Å². The Morgan fingerprint density at radius 2 is 1.05 bits per heavy atom. The van der Waals surface area contributed by atoms with Gasteiger partial charge in [-0.25, -0.2) is 9.97 Å². The summed E-state index contributed by atoms with van der Waals surface area (Å²) in [6.45, 7) is 0. The maximum absolute atomic E-state index is 7.24. The molecule has 4 aromatic heterocycles. The van der Waals surface area contributed by atoms with Crippen molar-refractivity contribution in [1.82, 2.24) is 14.5 Å². The lowest BCUT2D eigenvalue weighted by molar-refractivity contribution is 0.671. The zero-order valence-corrected chi connectivity index (χ0v) is 34.1. The lowest BCUT2D eigenvalue weighted by Gasteiger charge is -2.26. The Morgan fingerprint density at radius 3 is 1.79 bits per heavy atom. The minimum atomic E-state index is 0.604. The fraction of sp³-hybridized carbons (Fsp3) is 0. The number of hydrogen-bond donors (Lipinski definition) is 0. The van der Waals surface area contributed by atoms with Gasteiger partial charge in [0.15, 0.2) is 5.58 Å². The van der Waals surface area contributed by atoms with Crippen LogP contribution in [0.15, 0.2) is 211 Å². The Kier molecular flexibility index (Phi) is 7.71. The molecule has 4 heterocycles. The number of thiophene rings is 1. The van der Waals surface area contributed by atoms with Gasteiger partial charge in [-0.1, -0.05) is 158 Å². The normalized spacial score (nSPS) is 11.9. The van der Waals surface area contributed by atoms with Gasteiger partial charge in [-0.3, -0.25) is 4.57 Å². The third-order valence-corrected chi connectivity index (χ3v) is 13.4. The van der Waals surface area contributed by atoms with E-state index in [2.05, 4.69) is 216 Å². The van der Waals surface area contributed by atoms with Gasteiger partial charge < -0.3 is 9.32 Å². The molecule has 0 bridgehead atoms. The Labute approximate surface area is 360 Å². The van der Waals surface area contributed by atoms with Crippen molar-refractivity contribution in [2.24, 2.45) is 0 Å². The first kappa shape index (κ1) is 34.8. The maximum Gasteiger partial charge on any atom is 0.236 e. The molecule has 0 saturated carbocycles. The lowest BCUT2D eigenvalue weighted by atomic mass is 10.00. The molecule has 0 spiro atoms. The van der Waals surface area contributed by atoms with Gasteiger partial charge in [0.1, 0.15) is 11.1 Å². The van der Waals surface area contributed by atoms with Gasteiger partial charge in [-0.05, 0) is 59.0 Å². The summed E-state index contributed by atoms with van der Waals surface area (Å²) in [6, 6.07) is 72.9. The molecule has 6 heteroatoms. The third kappa shape index (κ3) is 5.27. The molecular weight excluding hydrogens is 777 g/mol. The molecule has 0 N–H and O–H groups in total. The first-order chi connectivity index (χ1) is 30.8. The minimum Gasteiger partial charge on any atom is -0.454 e. The summed E-state index contributed by atoms with van der Waals surface area (Å²) in [6.07, 6.45) is 0. The highest BCUT2D eigenvalue weighted by atomic mass is 32.1. The summed E-state index contributed by atoms with van der Waals surface area (Å²) in [5.41, 5.74) is 12.0. The van der Waals surface area contributed by atoms with Crippen molar-refractivity contribution in [2.75, 3.05) is 4.90 Å². The second-order valence-corrected chi connectivity index (χ2v) is 16.8. The molecule has 0 aliphatic carbocycles. The Balaban J connectivity index is 1.10. The van der Waals surface area contributed by atoms with Crippen LogP contribution in [-0.4, -0.2) is 14.5 Å². The van der Waals surface area contributed by atoms with Crippen LogP contribution in [0.25, 0.3) is 103 Å². The van der Waals surface area contributed by atoms with E-state index in [1.54, 1.807) is 11.3 Å². The van der Waals surface area contributed by atoms with E-state index >= 15 is 0 Å². The summed E-state index contributed by atoms with van der Waals surface area (Å²) in [4.78, 5) is 13.4. The van der Waals surface area contributed by atoms with Gasteiger partial charge in [0, 0.05) is 60.0 Å². The largest absolute Gasteiger partial charge is 0.454 e.